The zero-order valence-corrected chi connectivity index (χ0v) is 19.4. The maximum Gasteiger partial charge on any atom is 0.405 e. The van der Waals surface area contributed by atoms with E-state index in [4.69, 9.17) is 0 Å². The van der Waals surface area contributed by atoms with E-state index in [-0.39, 0.29) is 12.0 Å². The Balaban J connectivity index is 2.08. The van der Waals surface area contributed by atoms with Crippen LogP contribution < -0.4 is 4.72 Å². The number of para-hydroxylation sites is 1. The molecule has 0 fully saturated rings. The monoisotopic (exact) mass is 477 g/mol. The van der Waals surface area contributed by atoms with Crippen molar-refractivity contribution < 1.29 is 22.2 Å². The van der Waals surface area contributed by atoms with Crippen molar-refractivity contribution in [2.45, 2.75) is 44.2 Å². The largest absolute Gasteiger partial charge is 0.405 e. The van der Waals surface area contributed by atoms with E-state index in [2.05, 4.69) is 9.82 Å². The fourth-order valence-electron chi connectivity index (χ4n) is 3.40. The van der Waals surface area contributed by atoms with Gasteiger partial charge in [0.15, 0.2) is 5.78 Å². The molecule has 2 aromatic carbocycles. The summed E-state index contributed by atoms with van der Waals surface area (Å²) in [6.07, 6.45) is -1.78. The van der Waals surface area contributed by atoms with Gasteiger partial charge in [0.25, 0.3) is 0 Å². The minimum Gasteiger partial charge on any atom is -0.294 e. The highest BCUT2D eigenvalue weighted by atomic mass is 32.2. The summed E-state index contributed by atoms with van der Waals surface area (Å²) in [5.74, 6) is -2.22. The number of benzene rings is 2. The minimum absolute atomic E-state index is 0.164. The molecule has 3 atom stereocenters. The molecule has 0 aliphatic rings. The molecule has 1 N–H and O–H groups in total. The van der Waals surface area contributed by atoms with Crippen LogP contribution in [-0.2, 0) is 17.4 Å². The zero-order chi connectivity index (χ0) is 24.2. The Morgan fingerprint density at radius 3 is 2.24 bits per heavy atom. The lowest BCUT2D eigenvalue weighted by atomic mass is 9.85. The summed E-state index contributed by atoms with van der Waals surface area (Å²) in [4.78, 5) is 13.4. The van der Waals surface area contributed by atoms with Crippen LogP contribution in [0.1, 0.15) is 36.7 Å². The normalized spacial score (nSPS) is 15.1. The van der Waals surface area contributed by atoms with Gasteiger partial charge in [0.2, 0.25) is 0 Å². The topological polar surface area (TPSA) is 64.0 Å². The van der Waals surface area contributed by atoms with Gasteiger partial charge in [0, 0.05) is 18.0 Å². The molecule has 0 aliphatic heterocycles. The average Bonchev–Trinajstić information content (AvgIpc) is 3.29. The number of nitrogens with one attached hydrogen (secondary N) is 1. The summed E-state index contributed by atoms with van der Waals surface area (Å²) in [7, 11) is -2.04. The van der Waals surface area contributed by atoms with Crippen LogP contribution in [0.4, 0.5) is 13.2 Å². The summed E-state index contributed by atoms with van der Waals surface area (Å²) >= 11 is 0. The third-order valence-corrected chi connectivity index (χ3v) is 6.70. The zero-order valence-electron chi connectivity index (χ0n) is 18.5. The van der Waals surface area contributed by atoms with Gasteiger partial charge in [-0.3, -0.25) is 4.79 Å². The van der Waals surface area contributed by atoms with E-state index in [9.17, 15) is 22.2 Å². The van der Waals surface area contributed by atoms with Crippen LogP contribution in [0.25, 0.3) is 5.69 Å². The molecule has 3 rings (SSSR count). The Morgan fingerprint density at radius 2 is 1.67 bits per heavy atom. The van der Waals surface area contributed by atoms with Crippen molar-refractivity contribution in [3.8, 4) is 5.69 Å². The molecule has 0 aliphatic carbocycles. The Bertz CT molecular complexity index is 1090. The summed E-state index contributed by atoms with van der Waals surface area (Å²) in [6, 6.07) is 14.1. The van der Waals surface area contributed by atoms with E-state index in [0.717, 1.165) is 0 Å². The molecule has 3 aromatic rings. The quantitative estimate of drug-likeness (QED) is 0.470. The van der Waals surface area contributed by atoms with Crippen LogP contribution in [0.15, 0.2) is 73.1 Å². The summed E-state index contributed by atoms with van der Waals surface area (Å²) in [6.45, 7) is 4.72. The molecule has 33 heavy (non-hydrogen) atoms. The van der Waals surface area contributed by atoms with Crippen LogP contribution in [0.3, 0.4) is 0 Å². The molecule has 1 aromatic heterocycles. The molecular weight excluding hydrogens is 451 g/mol. The number of halogens is 3. The summed E-state index contributed by atoms with van der Waals surface area (Å²) in [5.41, 5.74) is 1.26. The van der Waals surface area contributed by atoms with Crippen molar-refractivity contribution in [3.05, 3.63) is 84.2 Å². The minimum atomic E-state index is -4.81. The van der Waals surface area contributed by atoms with Gasteiger partial charge in [0.1, 0.15) is 6.04 Å². The van der Waals surface area contributed by atoms with Gasteiger partial charge in [-0.25, -0.2) is 13.6 Å². The van der Waals surface area contributed by atoms with Crippen molar-refractivity contribution in [2.75, 3.05) is 0 Å². The first-order valence-corrected chi connectivity index (χ1v) is 11.6. The third-order valence-electron chi connectivity index (χ3n) is 5.12. The number of aromatic nitrogens is 2. The highest BCUT2D eigenvalue weighted by Crippen LogP contribution is 2.32. The van der Waals surface area contributed by atoms with E-state index < -0.39 is 39.7 Å². The van der Waals surface area contributed by atoms with E-state index in [1.54, 1.807) is 86.4 Å². The predicted molar refractivity (Wildman–Crippen MR) is 122 cm³/mol. The predicted octanol–water partition coefficient (Wildman–Crippen LogP) is 4.90. The molecule has 5 nitrogen and oxygen atoms in total. The molecule has 0 bridgehead atoms. The van der Waals surface area contributed by atoms with Gasteiger partial charge < -0.3 is 0 Å². The lowest BCUT2D eigenvalue weighted by Crippen LogP contribution is -2.54. The number of carbonyl (C=O) groups excluding carboxylic acids is 1. The summed E-state index contributed by atoms with van der Waals surface area (Å²) < 4.78 is 58.4. The van der Waals surface area contributed by atoms with Crippen LogP contribution in [0, 0.1) is 5.92 Å². The Kier molecular flexibility index (Phi) is 7.54. The fraction of sp³-hybridized carbons (Fsp3) is 0.333. The number of nitrogens with zero attached hydrogens (tertiary/aromatic N) is 2. The highest BCUT2D eigenvalue weighted by molar-refractivity contribution is 7.84. The van der Waals surface area contributed by atoms with Crippen LogP contribution in [-0.4, -0.2) is 36.7 Å². The van der Waals surface area contributed by atoms with E-state index in [1.165, 1.54) is 12.1 Å². The lowest BCUT2D eigenvalue weighted by Gasteiger charge is -2.31. The maximum atomic E-state index is 14.3. The molecule has 0 radical (unpaired) electrons. The van der Waals surface area contributed by atoms with Crippen LogP contribution in [0.5, 0.6) is 0 Å². The number of rotatable bonds is 8. The van der Waals surface area contributed by atoms with Crippen molar-refractivity contribution in [2.24, 2.45) is 5.92 Å². The second-order valence-corrected chi connectivity index (χ2v) is 10.6. The Labute approximate surface area is 193 Å². The van der Waals surface area contributed by atoms with Gasteiger partial charge in [-0.1, -0.05) is 48.5 Å². The van der Waals surface area contributed by atoms with Crippen molar-refractivity contribution in [3.63, 3.8) is 0 Å². The smallest absolute Gasteiger partial charge is 0.294 e. The van der Waals surface area contributed by atoms with E-state index >= 15 is 0 Å². The lowest BCUT2D eigenvalue weighted by molar-refractivity contribution is -0.159. The van der Waals surface area contributed by atoms with Crippen molar-refractivity contribution >= 4 is 16.8 Å². The molecular formula is C24H26F3N3O2S. The molecule has 9 heteroatoms. The highest BCUT2D eigenvalue weighted by Gasteiger charge is 2.49. The molecule has 176 valence electrons. The molecule has 0 amide bonds. The Hall–Kier alpha value is -2.78. The van der Waals surface area contributed by atoms with E-state index in [1.807, 2.05) is 0 Å². The summed E-state index contributed by atoms with van der Waals surface area (Å²) in [5, 5.41) is 4.18. The van der Waals surface area contributed by atoms with Gasteiger partial charge >= 0.3 is 6.18 Å². The first kappa shape index (κ1) is 24.9. The molecule has 0 spiro atoms. The van der Waals surface area contributed by atoms with Gasteiger partial charge in [0.05, 0.1) is 27.3 Å². The van der Waals surface area contributed by atoms with E-state index in [0.29, 0.717) is 11.3 Å². The second kappa shape index (κ2) is 10.0. The number of hydrogen-bond donors (Lipinski definition) is 1. The molecule has 1 heterocycles. The maximum absolute atomic E-state index is 14.3. The average molecular weight is 478 g/mol. The first-order chi connectivity index (χ1) is 15.5. The molecule has 0 unspecified atom stereocenters. The van der Waals surface area contributed by atoms with Crippen molar-refractivity contribution in [1.29, 1.82) is 0 Å². The molecule has 0 saturated heterocycles. The fourth-order valence-corrected chi connectivity index (χ4v) is 4.28. The standard InChI is InChI=1S/C24H26F3N3O2S/c1-23(2,3)33(32)29-22(24(25,26)27)19(21(31)17-10-5-4-6-11-17)16-18-12-7-8-13-20(18)30-15-9-14-28-30/h4-15,19,22,29H,16H2,1-3H3/t19-,22+,33-/m1/s1. The van der Waals surface area contributed by atoms with Gasteiger partial charge in [-0.05, 0) is 44.9 Å². The number of ketones is 1. The number of hydrogen-bond acceptors (Lipinski definition) is 3. The van der Waals surface area contributed by atoms with Crippen LogP contribution in [0.2, 0.25) is 0 Å². The third kappa shape index (κ3) is 6.17. The van der Waals surface area contributed by atoms with Gasteiger partial charge in [-0.2, -0.15) is 18.3 Å². The Morgan fingerprint density at radius 1 is 1.03 bits per heavy atom. The van der Waals surface area contributed by atoms with Crippen LogP contribution >= 0.6 is 0 Å². The molecule has 0 saturated carbocycles. The number of carbonyl (C=O) groups is 1. The van der Waals surface area contributed by atoms with Gasteiger partial charge in [-0.15, -0.1) is 0 Å². The van der Waals surface area contributed by atoms with Crippen molar-refractivity contribution in [1.82, 2.24) is 14.5 Å². The first-order valence-electron chi connectivity index (χ1n) is 10.4. The number of alkyl halides is 3. The SMILES string of the molecule is CC(C)(C)[S@@](=O)N[C@@H]([C@H](Cc1ccccc1-n1cccn1)C(=O)c1ccccc1)C(F)(F)F. The number of Topliss-reactive ketones (excluding diaryl/α,β-unsaturated/α-hetero) is 1. The second-order valence-electron chi connectivity index (χ2n) is 8.64.